The van der Waals surface area contributed by atoms with E-state index in [0.29, 0.717) is 12.1 Å². The second-order valence-corrected chi connectivity index (χ2v) is 8.92. The Balaban J connectivity index is 0.000000261. The van der Waals surface area contributed by atoms with Crippen molar-refractivity contribution in [2.24, 2.45) is 0 Å². The predicted octanol–water partition coefficient (Wildman–Crippen LogP) is 2.90. The van der Waals surface area contributed by atoms with Gasteiger partial charge in [0.15, 0.2) is 18.1 Å². The lowest BCUT2D eigenvalue weighted by molar-refractivity contribution is -0.153. The summed E-state index contributed by atoms with van der Waals surface area (Å²) in [5.41, 5.74) is -2.86. The van der Waals surface area contributed by atoms with Gasteiger partial charge in [0.05, 0.1) is 17.1 Å². The number of phenols is 1. The molecule has 1 aromatic heterocycles. The van der Waals surface area contributed by atoms with Gasteiger partial charge in [-0.3, -0.25) is 4.98 Å². The number of nitriles is 1. The molecule has 0 spiro atoms. The van der Waals surface area contributed by atoms with E-state index in [1.165, 1.54) is 10.4 Å². The number of halogens is 7. The molecule has 2 aromatic rings. The molecule has 0 amide bonds. The van der Waals surface area contributed by atoms with E-state index in [1.54, 1.807) is 0 Å². The molecule has 0 radical (unpaired) electrons. The summed E-state index contributed by atoms with van der Waals surface area (Å²) in [6, 6.07) is 4.50. The van der Waals surface area contributed by atoms with Crippen molar-refractivity contribution in [1.29, 1.82) is 5.26 Å². The van der Waals surface area contributed by atoms with Gasteiger partial charge in [0.25, 0.3) is 0 Å². The Morgan fingerprint density at radius 2 is 1.89 bits per heavy atom. The predicted molar refractivity (Wildman–Crippen MR) is 108 cm³/mol. The van der Waals surface area contributed by atoms with Crippen LogP contribution >= 0.6 is 0 Å². The van der Waals surface area contributed by atoms with Gasteiger partial charge in [-0.05, 0) is 18.6 Å². The summed E-state index contributed by atoms with van der Waals surface area (Å²) >= 11 is 0. The van der Waals surface area contributed by atoms with Gasteiger partial charge in [-0.1, -0.05) is 0 Å². The molecule has 0 saturated carbocycles. The maximum absolute atomic E-state index is 12.8. The zero-order chi connectivity index (χ0) is 27.3. The van der Waals surface area contributed by atoms with Crippen molar-refractivity contribution < 1.29 is 55.0 Å². The highest BCUT2D eigenvalue weighted by atomic mass is 32.2. The number of alkyl halides is 6. The fourth-order valence-electron chi connectivity index (χ4n) is 2.79. The van der Waals surface area contributed by atoms with Crippen LogP contribution in [0.1, 0.15) is 17.7 Å². The number of nitrogens with zero attached hydrogens (tertiary/aromatic N) is 3. The molecule has 1 saturated heterocycles. The van der Waals surface area contributed by atoms with E-state index in [9.17, 15) is 40.0 Å². The lowest BCUT2D eigenvalue weighted by atomic mass is 10.1. The summed E-state index contributed by atoms with van der Waals surface area (Å²) < 4.78 is 103. The lowest BCUT2D eigenvalue weighted by Crippen LogP contribution is -2.37. The van der Waals surface area contributed by atoms with Crippen LogP contribution in [0.4, 0.5) is 30.7 Å². The molecule has 8 nitrogen and oxygen atoms in total. The van der Waals surface area contributed by atoms with E-state index in [1.807, 2.05) is 0 Å². The van der Waals surface area contributed by atoms with Gasteiger partial charge in [0.2, 0.25) is 0 Å². The van der Waals surface area contributed by atoms with Crippen LogP contribution in [0.2, 0.25) is 0 Å². The maximum Gasteiger partial charge on any atom is 0.433 e. The normalized spacial score (nSPS) is 19.2. The Labute approximate surface area is 201 Å². The highest BCUT2D eigenvalue weighted by molar-refractivity contribution is 7.82. The number of aromatic hydroxyl groups is 1. The van der Waals surface area contributed by atoms with Crippen molar-refractivity contribution in [2.75, 3.05) is 26.3 Å². The second kappa shape index (κ2) is 11.4. The number of aromatic nitrogens is 1. The summed E-state index contributed by atoms with van der Waals surface area (Å²) in [6.07, 6.45) is -7.95. The minimum absolute atomic E-state index is 0.00284. The Kier molecular flexibility index (Phi) is 9.23. The van der Waals surface area contributed by atoms with E-state index in [-0.39, 0.29) is 24.4 Å². The Morgan fingerprint density at radius 1 is 1.22 bits per heavy atom. The number of aliphatic hydroxyl groups is 2. The van der Waals surface area contributed by atoms with E-state index in [0.717, 1.165) is 18.3 Å². The molecule has 2 heterocycles. The van der Waals surface area contributed by atoms with Crippen LogP contribution in [0, 0.1) is 17.1 Å². The molecule has 0 bridgehead atoms. The van der Waals surface area contributed by atoms with Crippen molar-refractivity contribution in [1.82, 2.24) is 9.29 Å². The molecule has 2 atom stereocenters. The van der Waals surface area contributed by atoms with Crippen LogP contribution in [0.5, 0.6) is 11.5 Å². The molecule has 1 aliphatic rings. The van der Waals surface area contributed by atoms with Crippen molar-refractivity contribution in [3.63, 3.8) is 0 Å². The number of phenolic OH excluding ortho intramolecular Hbond substituents is 1. The molecule has 3 rings (SSSR count). The molecule has 198 valence electrons. The van der Waals surface area contributed by atoms with E-state index < -0.39 is 70.7 Å². The minimum atomic E-state index is -4.58. The zero-order valence-corrected chi connectivity index (χ0v) is 18.8. The SMILES string of the molecule is N#Cc1cc(OCC(F)(F)F)c(O)cc1F.O=S(c1ccc(C(F)(F)F)nc1)N1CCC(O)(CO)C1. The second-order valence-electron chi connectivity index (χ2n) is 7.44. The molecule has 1 aromatic carbocycles. The van der Waals surface area contributed by atoms with Crippen LogP contribution in [0.15, 0.2) is 35.4 Å². The van der Waals surface area contributed by atoms with Crippen LogP contribution in [0.25, 0.3) is 0 Å². The van der Waals surface area contributed by atoms with Gasteiger partial charge < -0.3 is 20.1 Å². The minimum Gasteiger partial charge on any atom is -0.504 e. The van der Waals surface area contributed by atoms with Crippen molar-refractivity contribution in [2.45, 2.75) is 29.3 Å². The standard InChI is InChI=1S/C11H13F3N2O3S.C9H5F4NO2/c12-11(13,14)9-2-1-8(5-15-9)20(19)16-4-3-10(18,6-16)7-17;10-6-2-7(15)8(1-5(6)3-14)16-4-9(11,12)13/h1-2,5,17-18H,3-4,6-7H2;1-2,15H,4H2. The first-order valence-corrected chi connectivity index (χ1v) is 10.8. The Bertz CT molecular complexity index is 1120. The fraction of sp³-hybridized carbons (Fsp3) is 0.400. The fourth-order valence-corrected chi connectivity index (χ4v) is 4.03. The highest BCUT2D eigenvalue weighted by Crippen LogP contribution is 2.31. The largest absolute Gasteiger partial charge is 0.504 e. The molecule has 3 N–H and O–H groups in total. The molecule has 2 unspecified atom stereocenters. The van der Waals surface area contributed by atoms with Gasteiger partial charge in [-0.25, -0.2) is 12.9 Å². The summed E-state index contributed by atoms with van der Waals surface area (Å²) in [5.74, 6) is -2.41. The van der Waals surface area contributed by atoms with E-state index in [2.05, 4.69) is 9.72 Å². The lowest BCUT2D eigenvalue weighted by Gasteiger charge is -2.20. The van der Waals surface area contributed by atoms with Gasteiger partial charge in [-0.15, -0.1) is 0 Å². The molecule has 1 aliphatic heterocycles. The molecular weight excluding hydrogens is 527 g/mol. The first-order chi connectivity index (χ1) is 16.6. The Hall–Kier alpha value is -3.00. The topological polar surface area (TPSA) is 127 Å². The molecular formula is C20H18F7N3O5S. The van der Waals surface area contributed by atoms with Gasteiger partial charge in [0, 0.05) is 31.4 Å². The van der Waals surface area contributed by atoms with Crippen molar-refractivity contribution in [3.8, 4) is 17.6 Å². The summed E-state index contributed by atoms with van der Waals surface area (Å²) in [5, 5.41) is 36.3. The number of rotatable bonds is 5. The number of benzene rings is 1. The third kappa shape index (κ3) is 8.01. The quantitative estimate of drug-likeness (QED) is 0.494. The third-order valence-corrected chi connectivity index (χ3v) is 6.04. The first-order valence-electron chi connectivity index (χ1n) is 9.74. The van der Waals surface area contributed by atoms with Crippen molar-refractivity contribution in [3.05, 3.63) is 47.5 Å². The molecule has 1 fully saturated rings. The van der Waals surface area contributed by atoms with Gasteiger partial charge in [-0.2, -0.15) is 31.6 Å². The smallest absolute Gasteiger partial charge is 0.433 e. The average Bonchev–Trinajstić information content (AvgIpc) is 3.20. The number of ether oxygens (including phenoxy) is 1. The summed E-state index contributed by atoms with van der Waals surface area (Å²) in [4.78, 5) is 3.37. The van der Waals surface area contributed by atoms with Crippen LogP contribution < -0.4 is 4.74 Å². The number of aliphatic hydroxyl groups excluding tert-OH is 1. The number of pyridine rings is 1. The van der Waals surface area contributed by atoms with Crippen molar-refractivity contribution >= 4 is 11.0 Å². The maximum atomic E-state index is 12.8. The summed E-state index contributed by atoms with van der Waals surface area (Å²) in [7, 11) is -1.71. The number of hydrogen-bond acceptors (Lipinski definition) is 7. The van der Waals surface area contributed by atoms with Gasteiger partial charge in [0.1, 0.15) is 34.2 Å². The van der Waals surface area contributed by atoms with Crippen LogP contribution in [0.3, 0.4) is 0 Å². The van der Waals surface area contributed by atoms with Crippen LogP contribution in [-0.4, -0.2) is 66.9 Å². The Morgan fingerprint density at radius 3 is 2.36 bits per heavy atom. The van der Waals surface area contributed by atoms with Gasteiger partial charge >= 0.3 is 12.4 Å². The molecule has 36 heavy (non-hydrogen) atoms. The highest BCUT2D eigenvalue weighted by Gasteiger charge is 2.38. The summed E-state index contributed by atoms with van der Waals surface area (Å²) in [6.45, 7) is -1.80. The molecule has 0 aliphatic carbocycles. The van der Waals surface area contributed by atoms with Crippen LogP contribution in [-0.2, 0) is 17.2 Å². The number of hydrogen-bond donors (Lipinski definition) is 3. The average molecular weight is 545 g/mol. The van der Waals surface area contributed by atoms with E-state index in [4.69, 9.17) is 15.5 Å². The third-order valence-electron chi connectivity index (χ3n) is 4.61. The van der Waals surface area contributed by atoms with E-state index >= 15 is 0 Å². The number of β-amino-alcohol motifs (C(OH)–C–C–N with tert-alkyl or cyclic N) is 1. The first kappa shape index (κ1) is 29.2. The monoisotopic (exact) mass is 545 g/mol. The zero-order valence-electron chi connectivity index (χ0n) is 18.0. The molecule has 16 heteroatoms.